The molecule has 0 spiro atoms. The second-order valence-corrected chi connectivity index (χ2v) is 8.19. The van der Waals surface area contributed by atoms with Gasteiger partial charge >= 0.3 is 0 Å². The van der Waals surface area contributed by atoms with Crippen LogP contribution in [0.3, 0.4) is 0 Å². The Morgan fingerprint density at radius 3 is 2.72 bits per heavy atom. The normalized spacial score (nSPS) is 23.3. The Morgan fingerprint density at radius 2 is 2.12 bits per heavy atom. The van der Waals surface area contributed by atoms with Gasteiger partial charge in [0.2, 0.25) is 10.8 Å². The van der Waals surface area contributed by atoms with Crippen LogP contribution >= 0.6 is 11.3 Å². The predicted octanol–water partition coefficient (Wildman–Crippen LogP) is 3.72. The molecule has 7 heteroatoms. The third kappa shape index (κ3) is 2.95. The van der Waals surface area contributed by atoms with E-state index in [-0.39, 0.29) is 11.9 Å². The third-order valence-corrected chi connectivity index (χ3v) is 5.96. The van der Waals surface area contributed by atoms with Crippen molar-refractivity contribution in [3.63, 3.8) is 0 Å². The number of furan rings is 1. The molecule has 6 nitrogen and oxygen atoms in total. The summed E-state index contributed by atoms with van der Waals surface area (Å²) in [4.78, 5) is 8.52. The number of fused-ring (bicyclic) bond motifs is 1. The van der Waals surface area contributed by atoms with Gasteiger partial charge in [-0.2, -0.15) is 4.52 Å². The standard InChI is InChI=1S/C18H24N4O2S/c1-4-14-19-18-22(20-14)17(23)16(25-18)15(13-6-5-7-24-13)21-9-11(2)8-12(3)10-21/h5-7,11-12,15,23H,4,8-10H2,1-3H3/t11-,12-,15-/m0/s1. The minimum Gasteiger partial charge on any atom is -0.492 e. The largest absolute Gasteiger partial charge is 0.492 e. The van der Waals surface area contributed by atoms with Crippen molar-refractivity contribution in [2.24, 2.45) is 11.8 Å². The van der Waals surface area contributed by atoms with Gasteiger partial charge in [0.05, 0.1) is 11.1 Å². The van der Waals surface area contributed by atoms with Gasteiger partial charge < -0.3 is 9.52 Å². The molecule has 1 N–H and O–H groups in total. The molecule has 4 heterocycles. The Bertz CT molecular complexity index is 844. The summed E-state index contributed by atoms with van der Waals surface area (Å²) < 4.78 is 7.31. The van der Waals surface area contributed by atoms with Crippen molar-refractivity contribution in [3.05, 3.63) is 34.9 Å². The lowest BCUT2D eigenvalue weighted by Gasteiger charge is -2.38. The summed E-state index contributed by atoms with van der Waals surface area (Å²) in [6.45, 7) is 8.57. The molecule has 25 heavy (non-hydrogen) atoms. The summed E-state index contributed by atoms with van der Waals surface area (Å²) in [5, 5.41) is 15.2. The number of piperidine rings is 1. The van der Waals surface area contributed by atoms with Crippen LogP contribution in [0.1, 0.15) is 49.7 Å². The van der Waals surface area contributed by atoms with Crippen molar-refractivity contribution in [2.75, 3.05) is 13.1 Å². The number of thiazole rings is 1. The molecule has 3 atom stereocenters. The van der Waals surface area contributed by atoms with Crippen molar-refractivity contribution < 1.29 is 9.52 Å². The van der Waals surface area contributed by atoms with Crippen molar-refractivity contribution in [3.8, 4) is 5.88 Å². The van der Waals surface area contributed by atoms with Crippen LogP contribution in [0.4, 0.5) is 0 Å². The van der Waals surface area contributed by atoms with Crippen LogP contribution in [0.2, 0.25) is 0 Å². The number of aromatic hydroxyl groups is 1. The molecule has 1 fully saturated rings. The number of aromatic nitrogens is 3. The van der Waals surface area contributed by atoms with E-state index in [4.69, 9.17) is 4.42 Å². The molecule has 4 rings (SSSR count). The maximum absolute atomic E-state index is 10.8. The molecule has 0 aliphatic carbocycles. The number of aryl methyl sites for hydroxylation is 1. The summed E-state index contributed by atoms with van der Waals surface area (Å²) >= 11 is 1.50. The van der Waals surface area contributed by atoms with Gasteiger partial charge in [-0.05, 0) is 30.4 Å². The van der Waals surface area contributed by atoms with Crippen LogP contribution in [0, 0.1) is 11.8 Å². The first kappa shape index (κ1) is 16.6. The monoisotopic (exact) mass is 360 g/mol. The average molecular weight is 360 g/mol. The summed E-state index contributed by atoms with van der Waals surface area (Å²) in [6.07, 6.45) is 3.69. The first-order valence-corrected chi connectivity index (χ1v) is 9.73. The fourth-order valence-corrected chi connectivity index (χ4v) is 5.08. The maximum Gasteiger partial charge on any atom is 0.230 e. The number of hydrogen-bond donors (Lipinski definition) is 1. The molecule has 1 saturated heterocycles. The summed E-state index contributed by atoms with van der Waals surface area (Å²) in [5.74, 6) is 3.04. The van der Waals surface area contributed by atoms with E-state index >= 15 is 0 Å². The molecule has 0 bridgehead atoms. The topological polar surface area (TPSA) is 66.8 Å². The van der Waals surface area contributed by atoms with Crippen molar-refractivity contribution in [2.45, 2.75) is 39.7 Å². The molecule has 0 saturated carbocycles. The minimum atomic E-state index is -0.0984. The zero-order valence-electron chi connectivity index (χ0n) is 14.8. The number of likely N-dealkylation sites (tertiary alicyclic amines) is 1. The molecule has 0 unspecified atom stereocenters. The first-order valence-electron chi connectivity index (χ1n) is 8.91. The van der Waals surface area contributed by atoms with Crippen LogP contribution in [-0.4, -0.2) is 37.7 Å². The molecular formula is C18H24N4O2S. The van der Waals surface area contributed by atoms with Crippen molar-refractivity contribution >= 4 is 16.3 Å². The van der Waals surface area contributed by atoms with Crippen molar-refractivity contribution in [1.29, 1.82) is 0 Å². The molecule has 0 radical (unpaired) electrons. The lowest BCUT2D eigenvalue weighted by Crippen LogP contribution is -2.41. The van der Waals surface area contributed by atoms with Crippen LogP contribution in [0.25, 0.3) is 4.96 Å². The van der Waals surface area contributed by atoms with Gasteiger partial charge in [-0.1, -0.05) is 32.1 Å². The molecule has 134 valence electrons. The van der Waals surface area contributed by atoms with Gasteiger partial charge in [-0.15, -0.1) is 5.10 Å². The van der Waals surface area contributed by atoms with E-state index in [1.54, 1.807) is 10.8 Å². The average Bonchev–Trinajstić information content (AvgIpc) is 3.27. The van der Waals surface area contributed by atoms with E-state index in [1.165, 1.54) is 17.8 Å². The van der Waals surface area contributed by atoms with E-state index in [9.17, 15) is 5.11 Å². The SMILES string of the molecule is CCc1nc2sc([C@H](c3ccco3)N3C[C@@H](C)C[C@H](C)C3)c(O)n2n1. The second kappa shape index (κ2) is 6.46. The number of nitrogens with zero attached hydrogens (tertiary/aromatic N) is 4. The molecule has 1 aliphatic rings. The van der Waals surface area contributed by atoms with Gasteiger partial charge in [0.1, 0.15) is 11.8 Å². The van der Waals surface area contributed by atoms with Gasteiger partial charge in [0, 0.05) is 19.5 Å². The quantitative estimate of drug-likeness (QED) is 0.768. The number of hydrogen-bond acceptors (Lipinski definition) is 6. The van der Waals surface area contributed by atoms with E-state index in [0.717, 1.165) is 40.9 Å². The van der Waals surface area contributed by atoms with Crippen LogP contribution in [0.5, 0.6) is 5.88 Å². The van der Waals surface area contributed by atoms with Gasteiger partial charge in [-0.25, -0.2) is 4.98 Å². The molecular weight excluding hydrogens is 336 g/mol. The molecule has 0 aromatic carbocycles. The highest BCUT2D eigenvalue weighted by Crippen LogP contribution is 2.42. The fraction of sp³-hybridized carbons (Fsp3) is 0.556. The lowest BCUT2D eigenvalue weighted by molar-refractivity contribution is 0.102. The van der Waals surface area contributed by atoms with E-state index < -0.39 is 0 Å². The Kier molecular flexibility index (Phi) is 4.29. The zero-order valence-corrected chi connectivity index (χ0v) is 15.7. The molecule has 1 aliphatic heterocycles. The summed E-state index contributed by atoms with van der Waals surface area (Å²) in [6, 6.07) is 3.79. The Balaban J connectivity index is 1.78. The maximum atomic E-state index is 10.8. The predicted molar refractivity (Wildman–Crippen MR) is 97.0 cm³/mol. The highest BCUT2D eigenvalue weighted by Gasteiger charge is 2.35. The van der Waals surface area contributed by atoms with Gasteiger partial charge in [0.25, 0.3) is 0 Å². The Hall–Kier alpha value is -1.86. The summed E-state index contributed by atoms with van der Waals surface area (Å²) in [5.41, 5.74) is 0. The minimum absolute atomic E-state index is 0.0984. The van der Waals surface area contributed by atoms with Crippen LogP contribution < -0.4 is 0 Å². The van der Waals surface area contributed by atoms with Crippen LogP contribution in [0.15, 0.2) is 22.8 Å². The molecule has 3 aromatic heterocycles. The molecule has 0 amide bonds. The van der Waals surface area contributed by atoms with E-state index in [1.807, 2.05) is 19.1 Å². The smallest absolute Gasteiger partial charge is 0.230 e. The van der Waals surface area contributed by atoms with Gasteiger partial charge in [-0.3, -0.25) is 4.90 Å². The molecule has 3 aromatic rings. The van der Waals surface area contributed by atoms with Crippen molar-refractivity contribution in [1.82, 2.24) is 19.5 Å². The van der Waals surface area contributed by atoms with Crippen LogP contribution in [-0.2, 0) is 6.42 Å². The fourth-order valence-electron chi connectivity index (χ4n) is 3.96. The van der Waals surface area contributed by atoms with Gasteiger partial charge in [0.15, 0.2) is 5.82 Å². The lowest BCUT2D eigenvalue weighted by atomic mass is 9.90. The summed E-state index contributed by atoms with van der Waals surface area (Å²) in [7, 11) is 0. The first-order chi connectivity index (χ1) is 12.1. The highest BCUT2D eigenvalue weighted by molar-refractivity contribution is 7.17. The Labute approximate surface area is 151 Å². The van der Waals surface area contributed by atoms with E-state index in [0.29, 0.717) is 11.8 Å². The van der Waals surface area contributed by atoms with E-state index in [2.05, 4.69) is 28.8 Å². The highest BCUT2D eigenvalue weighted by atomic mass is 32.1. The zero-order chi connectivity index (χ0) is 17.6. The Morgan fingerprint density at radius 1 is 1.36 bits per heavy atom. The third-order valence-electron chi connectivity index (χ3n) is 4.88. The number of rotatable bonds is 4. The second-order valence-electron chi connectivity index (χ2n) is 7.18.